The molecule has 0 saturated carbocycles. The number of hydrogen-bond acceptors (Lipinski definition) is 4. The second-order valence-corrected chi connectivity index (χ2v) is 4.08. The third-order valence-electron chi connectivity index (χ3n) is 2.99. The summed E-state index contributed by atoms with van der Waals surface area (Å²) in [7, 11) is 0. The number of primary amides is 1. The van der Waals surface area contributed by atoms with Gasteiger partial charge in [0, 0.05) is 0 Å². The van der Waals surface area contributed by atoms with Gasteiger partial charge in [-0.05, 0) is 19.1 Å². The standard InChI is InChI=1S/C12H14N2O4/c1-7(11(13)15)14-5-6-18-10-8(12(16)17)3-2-4-9(10)14/h2-4,7H,5-6H2,1H3,(H2,13,15)(H,16,17). The second-order valence-electron chi connectivity index (χ2n) is 4.08. The first kappa shape index (κ1) is 12.2. The molecule has 0 saturated heterocycles. The van der Waals surface area contributed by atoms with Gasteiger partial charge < -0.3 is 20.5 Å². The van der Waals surface area contributed by atoms with Gasteiger partial charge in [-0.3, -0.25) is 4.79 Å². The zero-order valence-electron chi connectivity index (χ0n) is 9.92. The van der Waals surface area contributed by atoms with Crippen LogP contribution in [0.25, 0.3) is 0 Å². The number of benzene rings is 1. The van der Waals surface area contributed by atoms with Crippen molar-refractivity contribution in [2.75, 3.05) is 18.1 Å². The van der Waals surface area contributed by atoms with Crippen LogP contribution < -0.4 is 15.4 Å². The lowest BCUT2D eigenvalue weighted by atomic mass is 10.1. The van der Waals surface area contributed by atoms with E-state index in [0.29, 0.717) is 24.6 Å². The molecule has 6 nitrogen and oxygen atoms in total. The Labute approximate surface area is 104 Å². The first-order chi connectivity index (χ1) is 8.52. The molecule has 0 spiro atoms. The minimum atomic E-state index is -1.06. The van der Waals surface area contributed by atoms with Crippen molar-refractivity contribution >= 4 is 17.6 Å². The molecule has 0 bridgehead atoms. The van der Waals surface area contributed by atoms with Gasteiger partial charge in [-0.25, -0.2) is 4.79 Å². The Morgan fingerprint density at radius 3 is 2.83 bits per heavy atom. The molecule has 1 amide bonds. The first-order valence-corrected chi connectivity index (χ1v) is 5.57. The van der Waals surface area contributed by atoms with Gasteiger partial charge in [-0.1, -0.05) is 6.07 Å². The first-order valence-electron chi connectivity index (χ1n) is 5.57. The SMILES string of the molecule is CC(C(N)=O)N1CCOc2c(C(=O)O)cccc21. The molecule has 0 aliphatic carbocycles. The second kappa shape index (κ2) is 4.56. The molecule has 0 aromatic heterocycles. The summed E-state index contributed by atoms with van der Waals surface area (Å²) in [5, 5.41) is 9.08. The number of rotatable bonds is 3. The number of hydrogen-bond donors (Lipinski definition) is 2. The fraction of sp³-hybridized carbons (Fsp3) is 0.333. The van der Waals surface area contributed by atoms with Crippen LogP contribution in [0.1, 0.15) is 17.3 Å². The molecule has 1 atom stereocenters. The predicted molar refractivity (Wildman–Crippen MR) is 64.9 cm³/mol. The van der Waals surface area contributed by atoms with Crippen molar-refractivity contribution in [3.8, 4) is 5.75 Å². The Hall–Kier alpha value is -2.24. The zero-order valence-corrected chi connectivity index (χ0v) is 9.92. The number of aromatic carboxylic acids is 1. The highest BCUT2D eigenvalue weighted by atomic mass is 16.5. The van der Waals surface area contributed by atoms with Gasteiger partial charge in [0.15, 0.2) is 5.75 Å². The van der Waals surface area contributed by atoms with Gasteiger partial charge in [0.05, 0.1) is 12.2 Å². The minimum Gasteiger partial charge on any atom is -0.489 e. The summed E-state index contributed by atoms with van der Waals surface area (Å²) in [5.74, 6) is -1.21. The van der Waals surface area contributed by atoms with Crippen molar-refractivity contribution in [3.63, 3.8) is 0 Å². The third-order valence-corrected chi connectivity index (χ3v) is 2.99. The van der Waals surface area contributed by atoms with E-state index in [0.717, 1.165) is 0 Å². The van der Waals surface area contributed by atoms with Gasteiger partial charge in [-0.15, -0.1) is 0 Å². The lowest BCUT2D eigenvalue weighted by Crippen LogP contribution is -2.46. The molecular formula is C12H14N2O4. The van der Waals surface area contributed by atoms with E-state index in [-0.39, 0.29) is 5.56 Å². The van der Waals surface area contributed by atoms with Crippen molar-refractivity contribution < 1.29 is 19.4 Å². The number of carboxylic acid groups (broad SMARTS) is 1. The van der Waals surface area contributed by atoms with Gasteiger partial charge in [-0.2, -0.15) is 0 Å². The maximum atomic E-state index is 11.3. The van der Waals surface area contributed by atoms with Crippen LogP contribution in [0.5, 0.6) is 5.75 Å². The lowest BCUT2D eigenvalue weighted by Gasteiger charge is -2.34. The Kier molecular flexibility index (Phi) is 3.10. The molecule has 2 rings (SSSR count). The highest BCUT2D eigenvalue weighted by Crippen LogP contribution is 2.35. The largest absolute Gasteiger partial charge is 0.489 e. The summed E-state index contributed by atoms with van der Waals surface area (Å²) in [6.07, 6.45) is 0. The molecule has 6 heteroatoms. The highest BCUT2D eigenvalue weighted by Gasteiger charge is 2.28. The topological polar surface area (TPSA) is 92.9 Å². The van der Waals surface area contributed by atoms with Gasteiger partial charge in [0.25, 0.3) is 0 Å². The van der Waals surface area contributed by atoms with E-state index >= 15 is 0 Å². The number of para-hydroxylation sites is 1. The van der Waals surface area contributed by atoms with Gasteiger partial charge in [0.1, 0.15) is 18.2 Å². The Balaban J connectivity index is 2.47. The molecule has 0 fully saturated rings. The van der Waals surface area contributed by atoms with Crippen LogP contribution in [0.2, 0.25) is 0 Å². The number of carbonyl (C=O) groups is 2. The van der Waals surface area contributed by atoms with Crippen LogP contribution in [0.4, 0.5) is 5.69 Å². The molecule has 1 aromatic carbocycles. The highest BCUT2D eigenvalue weighted by molar-refractivity contribution is 5.94. The molecule has 1 unspecified atom stereocenters. The van der Waals surface area contributed by atoms with E-state index in [1.807, 2.05) is 0 Å². The van der Waals surface area contributed by atoms with E-state index in [1.165, 1.54) is 6.07 Å². The van der Waals surface area contributed by atoms with E-state index in [2.05, 4.69) is 0 Å². The van der Waals surface area contributed by atoms with Crippen LogP contribution in [0.3, 0.4) is 0 Å². The van der Waals surface area contributed by atoms with E-state index in [1.54, 1.807) is 24.0 Å². The molecular weight excluding hydrogens is 236 g/mol. The van der Waals surface area contributed by atoms with E-state index in [4.69, 9.17) is 15.6 Å². The quantitative estimate of drug-likeness (QED) is 0.812. The lowest BCUT2D eigenvalue weighted by molar-refractivity contribution is -0.119. The number of fused-ring (bicyclic) bond motifs is 1. The van der Waals surface area contributed by atoms with Gasteiger partial charge >= 0.3 is 5.97 Å². The molecule has 96 valence electrons. The van der Waals surface area contributed by atoms with Gasteiger partial charge in [0.2, 0.25) is 5.91 Å². The summed E-state index contributed by atoms with van der Waals surface area (Å²) in [4.78, 5) is 24.1. The predicted octanol–water partition coefficient (Wildman–Crippen LogP) is 0.457. The van der Waals surface area contributed by atoms with E-state index in [9.17, 15) is 9.59 Å². The van der Waals surface area contributed by atoms with Crippen LogP contribution in [0, 0.1) is 0 Å². The van der Waals surface area contributed by atoms with Crippen molar-refractivity contribution in [1.82, 2.24) is 0 Å². The Morgan fingerprint density at radius 2 is 2.22 bits per heavy atom. The van der Waals surface area contributed by atoms with Crippen molar-refractivity contribution in [1.29, 1.82) is 0 Å². The Morgan fingerprint density at radius 1 is 1.50 bits per heavy atom. The number of ether oxygens (including phenoxy) is 1. The molecule has 1 heterocycles. The summed E-state index contributed by atoms with van der Waals surface area (Å²) in [6.45, 7) is 2.51. The van der Waals surface area contributed by atoms with Crippen LogP contribution in [-0.4, -0.2) is 36.2 Å². The smallest absolute Gasteiger partial charge is 0.339 e. The van der Waals surface area contributed by atoms with Crippen molar-refractivity contribution in [2.24, 2.45) is 5.73 Å². The number of nitrogens with two attached hydrogens (primary N) is 1. The summed E-state index contributed by atoms with van der Waals surface area (Å²) in [6, 6.07) is 4.31. The normalized spacial score (nSPS) is 15.5. The van der Waals surface area contributed by atoms with Crippen LogP contribution in [-0.2, 0) is 4.79 Å². The number of nitrogens with zero attached hydrogens (tertiary/aromatic N) is 1. The minimum absolute atomic E-state index is 0.0915. The fourth-order valence-electron chi connectivity index (χ4n) is 1.99. The van der Waals surface area contributed by atoms with Crippen LogP contribution >= 0.6 is 0 Å². The maximum Gasteiger partial charge on any atom is 0.339 e. The zero-order chi connectivity index (χ0) is 13.3. The average Bonchev–Trinajstić information content (AvgIpc) is 2.36. The molecule has 18 heavy (non-hydrogen) atoms. The third kappa shape index (κ3) is 1.97. The molecule has 1 aliphatic heterocycles. The fourth-order valence-corrected chi connectivity index (χ4v) is 1.99. The molecule has 1 aliphatic rings. The Bertz CT molecular complexity index is 501. The number of carboxylic acids is 1. The van der Waals surface area contributed by atoms with Crippen molar-refractivity contribution in [2.45, 2.75) is 13.0 Å². The van der Waals surface area contributed by atoms with Crippen molar-refractivity contribution in [3.05, 3.63) is 23.8 Å². The monoisotopic (exact) mass is 250 g/mol. The summed E-state index contributed by atoms with van der Waals surface area (Å²) >= 11 is 0. The maximum absolute atomic E-state index is 11.3. The molecule has 3 N–H and O–H groups in total. The average molecular weight is 250 g/mol. The summed E-state index contributed by atoms with van der Waals surface area (Å²) in [5.41, 5.74) is 5.97. The van der Waals surface area contributed by atoms with Crippen LogP contribution in [0.15, 0.2) is 18.2 Å². The number of anilines is 1. The number of carbonyl (C=O) groups excluding carboxylic acids is 1. The summed E-state index contributed by atoms with van der Waals surface area (Å²) < 4.78 is 5.40. The number of amides is 1. The molecule has 0 radical (unpaired) electrons. The molecule has 1 aromatic rings. The van der Waals surface area contributed by atoms with E-state index < -0.39 is 17.9 Å².